The summed E-state index contributed by atoms with van der Waals surface area (Å²) < 4.78 is 5.59. The third-order valence-corrected chi connectivity index (χ3v) is 6.67. The Morgan fingerprint density at radius 3 is 2.03 bits per heavy atom. The van der Waals surface area contributed by atoms with E-state index in [9.17, 15) is 4.79 Å². The summed E-state index contributed by atoms with van der Waals surface area (Å²) in [6.07, 6.45) is 4.18. The molecule has 4 nitrogen and oxygen atoms in total. The van der Waals surface area contributed by atoms with Crippen molar-refractivity contribution in [1.29, 1.82) is 0 Å². The molecule has 154 valence electrons. The fourth-order valence-electron chi connectivity index (χ4n) is 4.90. The molecular formula is C25H32N2O2. The van der Waals surface area contributed by atoms with E-state index >= 15 is 0 Å². The van der Waals surface area contributed by atoms with E-state index in [0.717, 1.165) is 18.8 Å². The fourth-order valence-corrected chi connectivity index (χ4v) is 4.90. The van der Waals surface area contributed by atoms with Crippen LogP contribution in [0.25, 0.3) is 11.1 Å². The Bertz CT molecular complexity index is 818. The van der Waals surface area contributed by atoms with Crippen molar-refractivity contribution < 1.29 is 9.53 Å². The molecule has 0 radical (unpaired) electrons. The second-order valence-electron chi connectivity index (χ2n) is 9.51. The van der Waals surface area contributed by atoms with E-state index in [1.54, 1.807) is 0 Å². The van der Waals surface area contributed by atoms with Crippen molar-refractivity contribution in [2.24, 2.45) is 11.3 Å². The average molecular weight is 393 g/mol. The van der Waals surface area contributed by atoms with Gasteiger partial charge in [0.05, 0.1) is 0 Å². The van der Waals surface area contributed by atoms with E-state index in [0.29, 0.717) is 18.1 Å². The van der Waals surface area contributed by atoms with Crippen LogP contribution in [-0.2, 0) is 4.74 Å². The first kappa shape index (κ1) is 20.0. The highest BCUT2D eigenvalue weighted by Crippen LogP contribution is 2.44. The number of hydrogen-bond acceptors (Lipinski definition) is 3. The van der Waals surface area contributed by atoms with Gasteiger partial charge in [-0.2, -0.15) is 0 Å². The maximum absolute atomic E-state index is 12.3. The van der Waals surface area contributed by atoms with Gasteiger partial charge in [0.2, 0.25) is 0 Å². The predicted molar refractivity (Wildman–Crippen MR) is 117 cm³/mol. The maximum Gasteiger partial charge on any atom is 0.421 e. The van der Waals surface area contributed by atoms with Gasteiger partial charge in [-0.3, -0.25) is 5.43 Å². The van der Waals surface area contributed by atoms with Crippen LogP contribution >= 0.6 is 0 Å². The zero-order valence-corrected chi connectivity index (χ0v) is 17.7. The van der Waals surface area contributed by atoms with Crippen LogP contribution in [0.3, 0.4) is 0 Å². The van der Waals surface area contributed by atoms with Crippen molar-refractivity contribution in [3.63, 3.8) is 0 Å². The lowest BCUT2D eigenvalue weighted by molar-refractivity contribution is 0.126. The van der Waals surface area contributed by atoms with Crippen molar-refractivity contribution >= 4 is 6.09 Å². The SMILES string of the molecule is CC(C)(C)[C@H]1CC[C@@H](NNC(=O)OCC2c3ccccc3-c3ccccc32)CC1. The first-order valence-electron chi connectivity index (χ1n) is 10.8. The number of benzene rings is 2. The number of fused-ring (bicyclic) bond motifs is 3. The van der Waals surface area contributed by atoms with Gasteiger partial charge >= 0.3 is 6.09 Å². The molecule has 0 aromatic heterocycles. The number of amides is 1. The van der Waals surface area contributed by atoms with Gasteiger partial charge in [-0.1, -0.05) is 69.3 Å². The first-order valence-corrected chi connectivity index (χ1v) is 10.8. The third-order valence-electron chi connectivity index (χ3n) is 6.67. The summed E-state index contributed by atoms with van der Waals surface area (Å²) in [6, 6.07) is 17.1. The van der Waals surface area contributed by atoms with Crippen molar-refractivity contribution in [3.8, 4) is 11.1 Å². The van der Waals surface area contributed by atoms with Crippen LogP contribution in [0.4, 0.5) is 4.79 Å². The summed E-state index contributed by atoms with van der Waals surface area (Å²) in [7, 11) is 0. The van der Waals surface area contributed by atoms with E-state index in [4.69, 9.17) is 4.74 Å². The maximum atomic E-state index is 12.3. The molecule has 0 bridgehead atoms. The van der Waals surface area contributed by atoms with Gasteiger partial charge in [-0.05, 0) is 59.3 Å². The van der Waals surface area contributed by atoms with E-state index in [2.05, 4.69) is 68.0 Å². The van der Waals surface area contributed by atoms with Crippen LogP contribution in [0.5, 0.6) is 0 Å². The molecule has 0 spiro atoms. The Morgan fingerprint density at radius 1 is 0.931 bits per heavy atom. The molecule has 29 heavy (non-hydrogen) atoms. The molecule has 0 heterocycles. The lowest BCUT2D eigenvalue weighted by Gasteiger charge is -2.37. The minimum absolute atomic E-state index is 0.0929. The molecule has 1 saturated carbocycles. The molecule has 2 aliphatic rings. The lowest BCUT2D eigenvalue weighted by atomic mass is 9.71. The lowest BCUT2D eigenvalue weighted by Crippen LogP contribution is -2.46. The normalized spacial score (nSPS) is 21.3. The molecule has 0 aliphatic heterocycles. The Hall–Kier alpha value is -2.33. The van der Waals surface area contributed by atoms with Gasteiger partial charge in [0.1, 0.15) is 6.61 Å². The quantitative estimate of drug-likeness (QED) is 0.663. The summed E-state index contributed by atoms with van der Waals surface area (Å²) in [5, 5.41) is 0. The second kappa shape index (κ2) is 8.19. The van der Waals surface area contributed by atoms with E-state index < -0.39 is 6.09 Å². The summed E-state index contributed by atoms with van der Waals surface area (Å²) in [5.74, 6) is 0.852. The van der Waals surface area contributed by atoms with Gasteiger partial charge in [-0.25, -0.2) is 10.2 Å². The van der Waals surface area contributed by atoms with Crippen molar-refractivity contribution in [3.05, 3.63) is 59.7 Å². The summed E-state index contributed by atoms with van der Waals surface area (Å²) >= 11 is 0. The first-order chi connectivity index (χ1) is 13.9. The molecule has 0 unspecified atom stereocenters. The largest absolute Gasteiger partial charge is 0.448 e. The zero-order chi connectivity index (χ0) is 20.4. The van der Waals surface area contributed by atoms with Gasteiger partial charge in [-0.15, -0.1) is 0 Å². The monoisotopic (exact) mass is 392 g/mol. The molecule has 4 rings (SSSR count). The summed E-state index contributed by atoms with van der Waals surface area (Å²) in [6.45, 7) is 7.30. The standard InChI is InChI=1S/C25H32N2O2/c1-25(2,3)17-12-14-18(15-13-17)26-27-24(28)29-16-23-21-10-6-4-8-19(21)20-9-5-7-11-22(20)23/h4-11,17-18,23,26H,12-16H2,1-3H3,(H,27,28)/t17-,18+. The second-order valence-corrected chi connectivity index (χ2v) is 9.51. The number of nitrogens with one attached hydrogen (secondary N) is 2. The van der Waals surface area contributed by atoms with Crippen LogP contribution in [0.15, 0.2) is 48.5 Å². The minimum atomic E-state index is -0.398. The van der Waals surface area contributed by atoms with Gasteiger partial charge < -0.3 is 4.74 Å². The molecule has 0 saturated heterocycles. The molecule has 2 aliphatic carbocycles. The summed E-state index contributed by atoms with van der Waals surface area (Å²) in [5.41, 5.74) is 11.3. The van der Waals surface area contributed by atoms with Crippen LogP contribution in [0.1, 0.15) is 63.5 Å². The number of rotatable bonds is 4. The van der Waals surface area contributed by atoms with Gasteiger partial charge in [0.15, 0.2) is 0 Å². The van der Waals surface area contributed by atoms with Crippen molar-refractivity contribution in [2.45, 2.75) is 58.4 Å². The molecular weight excluding hydrogens is 360 g/mol. The molecule has 1 amide bonds. The molecule has 0 atom stereocenters. The van der Waals surface area contributed by atoms with Crippen LogP contribution in [0.2, 0.25) is 0 Å². The molecule has 2 aromatic carbocycles. The van der Waals surface area contributed by atoms with Crippen molar-refractivity contribution in [2.75, 3.05) is 6.61 Å². The molecule has 1 fully saturated rings. The Morgan fingerprint density at radius 2 is 1.48 bits per heavy atom. The van der Waals surface area contributed by atoms with E-state index in [1.165, 1.54) is 35.1 Å². The van der Waals surface area contributed by atoms with Crippen LogP contribution in [0, 0.1) is 11.3 Å². The highest BCUT2D eigenvalue weighted by molar-refractivity contribution is 5.79. The number of carbonyl (C=O) groups is 1. The van der Waals surface area contributed by atoms with Crippen LogP contribution in [-0.4, -0.2) is 18.7 Å². The zero-order valence-electron chi connectivity index (χ0n) is 17.7. The highest BCUT2D eigenvalue weighted by atomic mass is 16.6. The fraction of sp³-hybridized carbons (Fsp3) is 0.480. The number of hydrazine groups is 1. The van der Waals surface area contributed by atoms with E-state index in [1.807, 2.05) is 12.1 Å². The topological polar surface area (TPSA) is 50.4 Å². The third kappa shape index (κ3) is 4.32. The predicted octanol–water partition coefficient (Wildman–Crippen LogP) is 5.63. The molecule has 2 aromatic rings. The van der Waals surface area contributed by atoms with Gasteiger partial charge in [0, 0.05) is 12.0 Å². The number of ether oxygens (including phenoxy) is 1. The highest BCUT2D eigenvalue weighted by Gasteiger charge is 2.31. The smallest absolute Gasteiger partial charge is 0.421 e. The molecule has 2 N–H and O–H groups in total. The Balaban J connectivity index is 1.29. The van der Waals surface area contributed by atoms with Gasteiger partial charge in [0.25, 0.3) is 0 Å². The average Bonchev–Trinajstić information content (AvgIpc) is 3.04. The van der Waals surface area contributed by atoms with E-state index in [-0.39, 0.29) is 5.92 Å². The molecule has 4 heteroatoms. The van der Waals surface area contributed by atoms with Crippen LogP contribution < -0.4 is 10.9 Å². The Kier molecular flexibility index (Phi) is 5.64. The number of hydrogen-bond donors (Lipinski definition) is 2. The van der Waals surface area contributed by atoms with Crippen molar-refractivity contribution in [1.82, 2.24) is 10.9 Å². The summed E-state index contributed by atoms with van der Waals surface area (Å²) in [4.78, 5) is 12.3. The number of carbonyl (C=O) groups excluding carboxylic acids is 1. The minimum Gasteiger partial charge on any atom is -0.448 e. The Labute approximate surface area is 174 Å².